The summed E-state index contributed by atoms with van der Waals surface area (Å²) in [5, 5.41) is 0. The minimum atomic E-state index is 0.0801. The van der Waals surface area contributed by atoms with E-state index in [9.17, 15) is 4.79 Å². The molecular weight excluding hydrogens is 226 g/mol. The van der Waals surface area contributed by atoms with Gasteiger partial charge in [0, 0.05) is 38.3 Å². The highest BCUT2D eigenvalue weighted by Crippen LogP contribution is 2.47. The van der Waals surface area contributed by atoms with Crippen LogP contribution in [-0.4, -0.2) is 72.0 Å². The number of carbonyl (C=O) groups is 1. The van der Waals surface area contributed by atoms with Crippen molar-refractivity contribution in [3.05, 3.63) is 0 Å². The number of piperazine rings is 1. The molecule has 1 amide bonds. The minimum absolute atomic E-state index is 0.0801. The van der Waals surface area contributed by atoms with Gasteiger partial charge >= 0.3 is 0 Å². The zero-order valence-electron chi connectivity index (χ0n) is 11.7. The van der Waals surface area contributed by atoms with Crippen LogP contribution in [0.15, 0.2) is 0 Å². The Labute approximate surface area is 110 Å². The fourth-order valence-corrected chi connectivity index (χ4v) is 3.58. The Morgan fingerprint density at radius 1 is 1.06 bits per heavy atom. The van der Waals surface area contributed by atoms with Gasteiger partial charge in [-0.2, -0.15) is 0 Å². The molecule has 4 nitrogen and oxygen atoms in total. The lowest BCUT2D eigenvalue weighted by Gasteiger charge is -2.59. The van der Waals surface area contributed by atoms with Gasteiger partial charge < -0.3 is 9.80 Å². The van der Waals surface area contributed by atoms with Gasteiger partial charge in [-0.1, -0.05) is 0 Å². The Hall–Kier alpha value is -0.610. The summed E-state index contributed by atoms with van der Waals surface area (Å²) in [6, 6.07) is 0.0801. The molecule has 4 heteroatoms. The molecule has 1 atom stereocenters. The molecule has 2 aliphatic heterocycles. The molecule has 0 aromatic heterocycles. The van der Waals surface area contributed by atoms with Gasteiger partial charge in [-0.25, -0.2) is 0 Å². The Bertz CT molecular complexity index is 326. The maximum atomic E-state index is 12.6. The molecule has 1 saturated carbocycles. The van der Waals surface area contributed by atoms with E-state index in [1.54, 1.807) is 0 Å². The van der Waals surface area contributed by atoms with Crippen molar-refractivity contribution in [3.8, 4) is 0 Å². The number of carbonyl (C=O) groups excluding carboxylic acids is 1. The van der Waals surface area contributed by atoms with Crippen LogP contribution in [0, 0.1) is 0 Å². The van der Waals surface area contributed by atoms with E-state index in [0.29, 0.717) is 11.4 Å². The van der Waals surface area contributed by atoms with E-state index in [0.717, 1.165) is 32.7 Å². The SMILES string of the molecule is CC(C(=O)N1CCC12CCC2)N1CCN(C)CC1. The largest absolute Gasteiger partial charge is 0.336 e. The first-order valence-electron chi connectivity index (χ1n) is 7.36. The zero-order chi connectivity index (χ0) is 12.8. The lowest BCUT2D eigenvalue weighted by molar-refractivity contribution is -0.161. The summed E-state index contributed by atoms with van der Waals surface area (Å²) in [5.41, 5.74) is 0.303. The molecule has 0 N–H and O–H groups in total. The molecule has 3 fully saturated rings. The third kappa shape index (κ3) is 1.86. The maximum absolute atomic E-state index is 12.6. The van der Waals surface area contributed by atoms with E-state index < -0.39 is 0 Å². The van der Waals surface area contributed by atoms with Crippen molar-refractivity contribution in [1.29, 1.82) is 0 Å². The van der Waals surface area contributed by atoms with Crippen molar-refractivity contribution in [2.24, 2.45) is 0 Å². The number of hydrogen-bond acceptors (Lipinski definition) is 3. The highest BCUT2D eigenvalue weighted by Gasteiger charge is 2.52. The van der Waals surface area contributed by atoms with Gasteiger partial charge in [0.25, 0.3) is 0 Å². The second kappa shape index (κ2) is 4.49. The monoisotopic (exact) mass is 251 g/mol. The molecule has 102 valence electrons. The van der Waals surface area contributed by atoms with E-state index in [1.165, 1.54) is 25.7 Å². The van der Waals surface area contributed by atoms with Crippen molar-refractivity contribution < 1.29 is 4.79 Å². The molecule has 1 aliphatic carbocycles. The number of nitrogens with zero attached hydrogens (tertiary/aromatic N) is 3. The Morgan fingerprint density at radius 3 is 2.17 bits per heavy atom. The first-order chi connectivity index (χ1) is 8.62. The van der Waals surface area contributed by atoms with E-state index in [-0.39, 0.29) is 6.04 Å². The first-order valence-corrected chi connectivity index (χ1v) is 7.36. The van der Waals surface area contributed by atoms with Crippen LogP contribution >= 0.6 is 0 Å². The quantitative estimate of drug-likeness (QED) is 0.725. The van der Waals surface area contributed by atoms with Crippen LogP contribution < -0.4 is 0 Å². The summed E-state index contributed by atoms with van der Waals surface area (Å²) >= 11 is 0. The topological polar surface area (TPSA) is 26.8 Å². The molecule has 2 saturated heterocycles. The van der Waals surface area contributed by atoms with Gasteiger partial charge in [0.2, 0.25) is 5.91 Å². The van der Waals surface area contributed by atoms with Gasteiger partial charge in [-0.15, -0.1) is 0 Å². The second-order valence-corrected chi connectivity index (χ2v) is 6.33. The molecule has 1 spiro atoms. The van der Waals surface area contributed by atoms with Crippen molar-refractivity contribution in [1.82, 2.24) is 14.7 Å². The van der Waals surface area contributed by atoms with Gasteiger partial charge in [0.1, 0.15) is 0 Å². The van der Waals surface area contributed by atoms with Crippen LogP contribution in [0.2, 0.25) is 0 Å². The van der Waals surface area contributed by atoms with Crippen molar-refractivity contribution in [2.75, 3.05) is 39.8 Å². The second-order valence-electron chi connectivity index (χ2n) is 6.33. The molecule has 3 rings (SSSR count). The van der Waals surface area contributed by atoms with Crippen LogP contribution in [-0.2, 0) is 4.79 Å². The van der Waals surface area contributed by atoms with Crippen molar-refractivity contribution in [3.63, 3.8) is 0 Å². The minimum Gasteiger partial charge on any atom is -0.336 e. The summed E-state index contributed by atoms with van der Waals surface area (Å²) < 4.78 is 0. The number of likely N-dealkylation sites (N-methyl/N-ethyl adjacent to an activating group) is 1. The van der Waals surface area contributed by atoms with Crippen LogP contribution in [0.3, 0.4) is 0 Å². The fraction of sp³-hybridized carbons (Fsp3) is 0.929. The molecule has 0 aromatic carbocycles. The van der Waals surface area contributed by atoms with Crippen LogP contribution in [0.25, 0.3) is 0 Å². The maximum Gasteiger partial charge on any atom is 0.240 e. The molecule has 0 radical (unpaired) electrons. The Morgan fingerprint density at radius 2 is 1.72 bits per heavy atom. The number of amides is 1. The Kier molecular flexibility index (Phi) is 3.10. The average molecular weight is 251 g/mol. The third-order valence-corrected chi connectivity index (χ3v) is 5.37. The summed E-state index contributed by atoms with van der Waals surface area (Å²) in [4.78, 5) is 19.5. The average Bonchev–Trinajstić information content (AvgIpc) is 2.25. The van der Waals surface area contributed by atoms with Gasteiger partial charge in [-0.05, 0) is 39.7 Å². The van der Waals surface area contributed by atoms with Gasteiger partial charge in [0.05, 0.1) is 6.04 Å². The number of hydrogen-bond donors (Lipinski definition) is 0. The van der Waals surface area contributed by atoms with Gasteiger partial charge in [-0.3, -0.25) is 9.69 Å². The zero-order valence-corrected chi connectivity index (χ0v) is 11.7. The fourth-order valence-electron chi connectivity index (χ4n) is 3.58. The van der Waals surface area contributed by atoms with Gasteiger partial charge in [0.15, 0.2) is 0 Å². The van der Waals surface area contributed by atoms with Crippen LogP contribution in [0.4, 0.5) is 0 Å². The molecular formula is C14H25N3O. The first kappa shape index (κ1) is 12.4. The Balaban J connectivity index is 1.59. The van der Waals surface area contributed by atoms with Crippen molar-refractivity contribution in [2.45, 2.75) is 44.2 Å². The molecule has 2 heterocycles. The molecule has 1 unspecified atom stereocenters. The molecule has 0 aromatic rings. The van der Waals surface area contributed by atoms with Crippen molar-refractivity contribution >= 4 is 5.91 Å². The summed E-state index contributed by atoms with van der Waals surface area (Å²) in [6.07, 6.45) is 5.04. The van der Waals surface area contributed by atoms with E-state index in [4.69, 9.17) is 0 Å². The smallest absolute Gasteiger partial charge is 0.240 e. The predicted molar refractivity (Wildman–Crippen MR) is 71.4 cm³/mol. The molecule has 3 aliphatic rings. The van der Waals surface area contributed by atoms with Crippen LogP contribution in [0.1, 0.15) is 32.6 Å². The molecule has 18 heavy (non-hydrogen) atoms. The van der Waals surface area contributed by atoms with E-state index in [1.807, 2.05) is 0 Å². The summed E-state index contributed by atoms with van der Waals surface area (Å²) in [5.74, 6) is 0.380. The normalized spacial score (nSPS) is 29.8. The number of rotatable bonds is 2. The summed E-state index contributed by atoms with van der Waals surface area (Å²) in [7, 11) is 2.16. The highest BCUT2D eigenvalue weighted by molar-refractivity contribution is 5.83. The standard InChI is InChI=1S/C14H25N3O/c1-12(16-10-8-15(2)9-11-16)13(18)17-7-6-14(17)4-3-5-14/h12H,3-11H2,1-2H3. The predicted octanol–water partition coefficient (Wildman–Crippen LogP) is 0.777. The van der Waals surface area contributed by atoms with E-state index >= 15 is 0 Å². The lowest BCUT2D eigenvalue weighted by Crippen LogP contribution is -2.68. The lowest BCUT2D eigenvalue weighted by atomic mass is 9.67. The summed E-state index contributed by atoms with van der Waals surface area (Å²) in [6.45, 7) is 7.33. The third-order valence-electron chi connectivity index (χ3n) is 5.37. The van der Waals surface area contributed by atoms with E-state index in [2.05, 4.69) is 28.7 Å². The van der Waals surface area contributed by atoms with Crippen LogP contribution in [0.5, 0.6) is 0 Å². The number of likely N-dealkylation sites (tertiary alicyclic amines) is 1. The highest BCUT2D eigenvalue weighted by atomic mass is 16.2. The molecule has 0 bridgehead atoms.